The number of carbonyl (C=O) groups is 2. The fourth-order valence-corrected chi connectivity index (χ4v) is 2.51. The first-order valence-corrected chi connectivity index (χ1v) is 6.71. The third-order valence-corrected chi connectivity index (χ3v) is 3.58. The van der Waals surface area contributed by atoms with Gasteiger partial charge in [-0.05, 0) is 31.1 Å². The van der Waals surface area contributed by atoms with Gasteiger partial charge in [0.05, 0.1) is 6.04 Å². The summed E-state index contributed by atoms with van der Waals surface area (Å²) in [6.07, 6.45) is 0.231. The van der Waals surface area contributed by atoms with Crippen molar-refractivity contribution in [1.82, 2.24) is 4.90 Å². The SMILES string of the molecule is C=C1CCN(C(=O)c2ccccc2)[C@@H](C)[C@@H]1OC(C)=O. The van der Waals surface area contributed by atoms with E-state index in [0.29, 0.717) is 18.5 Å². The number of rotatable bonds is 2. The lowest BCUT2D eigenvalue weighted by molar-refractivity contribution is -0.147. The summed E-state index contributed by atoms with van der Waals surface area (Å²) in [7, 11) is 0. The maximum atomic E-state index is 12.5. The van der Waals surface area contributed by atoms with Crippen LogP contribution >= 0.6 is 0 Å². The molecule has 0 N–H and O–H groups in total. The van der Waals surface area contributed by atoms with Crippen molar-refractivity contribution in [3.8, 4) is 0 Å². The van der Waals surface area contributed by atoms with E-state index in [1.165, 1.54) is 6.92 Å². The van der Waals surface area contributed by atoms with E-state index in [-0.39, 0.29) is 17.9 Å². The number of hydrogen-bond donors (Lipinski definition) is 0. The molecule has 0 aliphatic carbocycles. The molecule has 1 heterocycles. The van der Waals surface area contributed by atoms with E-state index < -0.39 is 6.10 Å². The molecular weight excluding hydrogens is 254 g/mol. The van der Waals surface area contributed by atoms with Gasteiger partial charge in [-0.2, -0.15) is 0 Å². The van der Waals surface area contributed by atoms with E-state index in [2.05, 4.69) is 6.58 Å². The van der Waals surface area contributed by atoms with Crippen LogP contribution in [0.4, 0.5) is 0 Å². The quantitative estimate of drug-likeness (QED) is 0.614. The van der Waals surface area contributed by atoms with Crippen molar-refractivity contribution < 1.29 is 14.3 Å². The average Bonchev–Trinajstić information content (AvgIpc) is 2.43. The molecule has 1 amide bonds. The minimum Gasteiger partial charge on any atom is -0.456 e. The molecule has 1 aromatic rings. The minimum atomic E-state index is -0.422. The highest BCUT2D eigenvalue weighted by atomic mass is 16.5. The number of piperidine rings is 1. The van der Waals surface area contributed by atoms with Crippen LogP contribution in [0.15, 0.2) is 42.5 Å². The van der Waals surface area contributed by atoms with Gasteiger partial charge in [0, 0.05) is 19.0 Å². The largest absolute Gasteiger partial charge is 0.456 e. The molecule has 0 bridgehead atoms. The number of esters is 1. The van der Waals surface area contributed by atoms with Gasteiger partial charge < -0.3 is 9.64 Å². The van der Waals surface area contributed by atoms with Crippen LogP contribution in [0.1, 0.15) is 30.6 Å². The van der Waals surface area contributed by atoms with E-state index in [0.717, 1.165) is 5.57 Å². The summed E-state index contributed by atoms with van der Waals surface area (Å²) in [5.74, 6) is -0.389. The predicted molar refractivity (Wildman–Crippen MR) is 76.3 cm³/mol. The maximum absolute atomic E-state index is 12.5. The molecule has 0 unspecified atom stereocenters. The molecule has 1 aliphatic rings. The summed E-state index contributed by atoms with van der Waals surface area (Å²) in [5, 5.41) is 0. The van der Waals surface area contributed by atoms with Crippen LogP contribution in [0.25, 0.3) is 0 Å². The third-order valence-electron chi connectivity index (χ3n) is 3.58. The highest BCUT2D eigenvalue weighted by Gasteiger charge is 2.35. The molecule has 2 atom stereocenters. The number of carbonyl (C=O) groups excluding carboxylic acids is 2. The van der Waals surface area contributed by atoms with Crippen molar-refractivity contribution in [2.24, 2.45) is 0 Å². The molecule has 0 aromatic heterocycles. The summed E-state index contributed by atoms with van der Waals surface area (Å²) >= 11 is 0. The van der Waals surface area contributed by atoms with E-state index in [1.54, 1.807) is 17.0 Å². The standard InChI is InChI=1S/C16H19NO3/c1-11-9-10-17(12(2)15(11)20-13(3)18)16(19)14-7-5-4-6-8-14/h4-8,12,15H,1,9-10H2,2-3H3/t12-,15+/m0/s1. The van der Waals surface area contributed by atoms with E-state index in [4.69, 9.17) is 4.74 Å². The van der Waals surface area contributed by atoms with Crippen LogP contribution < -0.4 is 0 Å². The molecule has 2 rings (SSSR count). The lowest BCUT2D eigenvalue weighted by Gasteiger charge is -2.40. The molecule has 4 heteroatoms. The first kappa shape index (κ1) is 14.3. The van der Waals surface area contributed by atoms with Gasteiger partial charge in [0.1, 0.15) is 6.10 Å². The first-order valence-electron chi connectivity index (χ1n) is 6.71. The molecule has 0 saturated carbocycles. The van der Waals surface area contributed by atoms with Gasteiger partial charge in [0.2, 0.25) is 0 Å². The Bertz CT molecular complexity index is 524. The Morgan fingerprint density at radius 1 is 1.30 bits per heavy atom. The number of benzene rings is 1. The molecule has 0 spiro atoms. The molecule has 0 radical (unpaired) electrons. The Labute approximate surface area is 119 Å². The van der Waals surface area contributed by atoms with Gasteiger partial charge >= 0.3 is 5.97 Å². The van der Waals surface area contributed by atoms with Crippen LogP contribution in [0, 0.1) is 0 Å². The molecule has 4 nitrogen and oxygen atoms in total. The predicted octanol–water partition coefficient (Wildman–Crippen LogP) is 2.41. The van der Waals surface area contributed by atoms with Crippen LogP contribution in [-0.2, 0) is 9.53 Å². The van der Waals surface area contributed by atoms with Crippen LogP contribution in [-0.4, -0.2) is 35.5 Å². The Kier molecular flexibility index (Phi) is 4.23. The fraction of sp³-hybridized carbons (Fsp3) is 0.375. The second-order valence-electron chi connectivity index (χ2n) is 5.04. The van der Waals surface area contributed by atoms with Gasteiger partial charge in [-0.25, -0.2) is 0 Å². The zero-order chi connectivity index (χ0) is 14.7. The van der Waals surface area contributed by atoms with Gasteiger partial charge in [-0.15, -0.1) is 0 Å². The van der Waals surface area contributed by atoms with Crippen molar-refractivity contribution in [2.75, 3.05) is 6.54 Å². The van der Waals surface area contributed by atoms with Gasteiger partial charge in [-0.1, -0.05) is 24.8 Å². The molecule has 20 heavy (non-hydrogen) atoms. The lowest BCUT2D eigenvalue weighted by atomic mass is 9.94. The minimum absolute atomic E-state index is 0.0391. The lowest BCUT2D eigenvalue weighted by Crippen LogP contribution is -2.51. The molecule has 1 aromatic carbocycles. The van der Waals surface area contributed by atoms with E-state index >= 15 is 0 Å². The summed E-state index contributed by atoms with van der Waals surface area (Å²) in [5.41, 5.74) is 1.51. The Hall–Kier alpha value is -2.10. The first-order chi connectivity index (χ1) is 9.50. The summed E-state index contributed by atoms with van der Waals surface area (Å²) < 4.78 is 5.30. The maximum Gasteiger partial charge on any atom is 0.303 e. The second kappa shape index (κ2) is 5.90. The number of hydrogen-bond acceptors (Lipinski definition) is 3. The van der Waals surface area contributed by atoms with Gasteiger partial charge in [0.15, 0.2) is 0 Å². The molecule has 106 valence electrons. The summed E-state index contributed by atoms with van der Waals surface area (Å²) in [6.45, 7) is 7.81. The number of ether oxygens (including phenoxy) is 1. The van der Waals surface area contributed by atoms with Crippen molar-refractivity contribution in [1.29, 1.82) is 0 Å². The van der Waals surface area contributed by atoms with Crippen LogP contribution in [0.5, 0.6) is 0 Å². The fourth-order valence-electron chi connectivity index (χ4n) is 2.51. The smallest absolute Gasteiger partial charge is 0.303 e. The van der Waals surface area contributed by atoms with Gasteiger partial charge in [0.25, 0.3) is 5.91 Å². The third kappa shape index (κ3) is 2.90. The number of likely N-dealkylation sites (tertiary alicyclic amines) is 1. The molecule has 1 saturated heterocycles. The zero-order valence-electron chi connectivity index (χ0n) is 11.8. The molecule has 1 fully saturated rings. The average molecular weight is 273 g/mol. The Morgan fingerprint density at radius 3 is 2.55 bits per heavy atom. The number of nitrogens with zero attached hydrogens (tertiary/aromatic N) is 1. The molecular formula is C16H19NO3. The summed E-state index contributed by atoms with van der Waals surface area (Å²) in [6, 6.07) is 8.93. The van der Waals surface area contributed by atoms with Crippen LogP contribution in [0.2, 0.25) is 0 Å². The Balaban J connectivity index is 2.18. The van der Waals surface area contributed by atoms with Crippen molar-refractivity contribution >= 4 is 11.9 Å². The molecule has 1 aliphatic heterocycles. The monoisotopic (exact) mass is 273 g/mol. The normalized spacial score (nSPS) is 22.5. The van der Waals surface area contributed by atoms with E-state index in [9.17, 15) is 9.59 Å². The number of amides is 1. The second-order valence-corrected chi connectivity index (χ2v) is 5.04. The zero-order valence-corrected chi connectivity index (χ0v) is 11.8. The summed E-state index contributed by atoms with van der Waals surface area (Å²) in [4.78, 5) is 25.4. The Morgan fingerprint density at radius 2 is 1.95 bits per heavy atom. The van der Waals surface area contributed by atoms with Gasteiger partial charge in [-0.3, -0.25) is 9.59 Å². The van der Waals surface area contributed by atoms with Crippen molar-refractivity contribution in [3.05, 3.63) is 48.0 Å². The van der Waals surface area contributed by atoms with E-state index in [1.807, 2.05) is 25.1 Å². The van der Waals surface area contributed by atoms with Crippen molar-refractivity contribution in [2.45, 2.75) is 32.4 Å². The highest BCUT2D eigenvalue weighted by molar-refractivity contribution is 5.94. The van der Waals surface area contributed by atoms with Crippen molar-refractivity contribution in [3.63, 3.8) is 0 Å². The topological polar surface area (TPSA) is 46.6 Å². The highest BCUT2D eigenvalue weighted by Crippen LogP contribution is 2.25. The van der Waals surface area contributed by atoms with Crippen LogP contribution in [0.3, 0.4) is 0 Å².